The minimum atomic E-state index is -1.44. The van der Waals surface area contributed by atoms with Gasteiger partial charge in [-0.25, -0.2) is 19.4 Å². The molecule has 0 aliphatic carbocycles. The van der Waals surface area contributed by atoms with Crippen LogP contribution in [0.3, 0.4) is 0 Å². The van der Waals surface area contributed by atoms with E-state index in [1.54, 1.807) is 20.8 Å². The normalized spacial score (nSPS) is 11.2. The number of hydrogen-bond donors (Lipinski definition) is 4. The van der Waals surface area contributed by atoms with E-state index in [1.807, 2.05) is 30.3 Å². The Morgan fingerprint density at radius 3 is 2.42 bits per heavy atom. The van der Waals surface area contributed by atoms with E-state index in [9.17, 15) is 24.3 Å². The highest BCUT2D eigenvalue weighted by Gasteiger charge is 2.21. The predicted molar refractivity (Wildman–Crippen MR) is 130 cm³/mol. The summed E-state index contributed by atoms with van der Waals surface area (Å²) in [6.07, 6.45) is -1.38. The summed E-state index contributed by atoms with van der Waals surface area (Å²) >= 11 is 0.961. The van der Waals surface area contributed by atoms with Gasteiger partial charge in [-0.1, -0.05) is 35.5 Å². The van der Waals surface area contributed by atoms with Crippen LogP contribution in [0.15, 0.2) is 40.9 Å². The summed E-state index contributed by atoms with van der Waals surface area (Å²) in [5.41, 5.74) is -0.502. The van der Waals surface area contributed by atoms with E-state index in [-0.39, 0.29) is 30.5 Å². The minimum Gasteiger partial charge on any atom is -0.476 e. The molecule has 194 valence electrons. The minimum absolute atomic E-state index is 0.0721. The van der Waals surface area contributed by atoms with Gasteiger partial charge < -0.3 is 30.1 Å². The topological polar surface area (TPSA) is 178 Å². The number of hydrogen-bond acceptors (Lipinski definition) is 10. The molecule has 1 aromatic carbocycles. The van der Waals surface area contributed by atoms with Crippen molar-refractivity contribution in [3.8, 4) is 0 Å². The monoisotopic (exact) mass is 521 g/mol. The molecule has 0 atom stereocenters. The molecule has 0 spiro atoms. The van der Waals surface area contributed by atoms with Gasteiger partial charge in [-0.3, -0.25) is 10.1 Å². The van der Waals surface area contributed by atoms with Crippen molar-refractivity contribution in [2.75, 3.05) is 25.0 Å². The van der Waals surface area contributed by atoms with E-state index in [1.165, 1.54) is 5.38 Å². The van der Waals surface area contributed by atoms with Gasteiger partial charge in [0.1, 0.15) is 17.9 Å². The Balaban J connectivity index is 1.72. The Hall–Kier alpha value is -4.20. The predicted octanol–water partition coefficient (Wildman–Crippen LogP) is 2.34. The quantitative estimate of drug-likeness (QED) is 0.196. The zero-order chi connectivity index (χ0) is 26.6. The Morgan fingerprint density at radius 1 is 1.06 bits per heavy atom. The van der Waals surface area contributed by atoms with E-state index >= 15 is 0 Å². The number of carbonyl (C=O) groups excluding carboxylic acids is 3. The largest absolute Gasteiger partial charge is 0.476 e. The molecule has 3 amide bonds. The lowest BCUT2D eigenvalue weighted by Crippen LogP contribution is -2.36. The fraction of sp³-hybridized carbons (Fsp3) is 0.364. The summed E-state index contributed by atoms with van der Waals surface area (Å²) in [4.78, 5) is 55.6. The summed E-state index contributed by atoms with van der Waals surface area (Å²) in [6, 6.07) is 9.15. The van der Waals surface area contributed by atoms with Gasteiger partial charge in [0, 0.05) is 18.5 Å². The van der Waals surface area contributed by atoms with Crippen LogP contribution in [0.2, 0.25) is 0 Å². The average Bonchev–Trinajstić information content (AvgIpc) is 3.25. The molecule has 2 rings (SSSR count). The zero-order valence-corrected chi connectivity index (χ0v) is 20.7. The number of benzene rings is 1. The number of ether oxygens (including phenoxy) is 2. The van der Waals surface area contributed by atoms with E-state index in [4.69, 9.17) is 14.3 Å². The van der Waals surface area contributed by atoms with Crippen LogP contribution in [0.25, 0.3) is 0 Å². The number of aromatic nitrogens is 1. The van der Waals surface area contributed by atoms with Crippen molar-refractivity contribution in [3.63, 3.8) is 0 Å². The number of aliphatic carboxylic acids is 1. The summed E-state index contributed by atoms with van der Waals surface area (Å²) in [7, 11) is 0. The van der Waals surface area contributed by atoms with Crippen molar-refractivity contribution in [1.82, 2.24) is 15.6 Å². The molecule has 4 N–H and O–H groups in total. The molecular formula is C22H27N5O8S. The maximum Gasteiger partial charge on any atom is 0.413 e. The smallest absolute Gasteiger partial charge is 0.413 e. The molecule has 0 bridgehead atoms. The van der Waals surface area contributed by atoms with Gasteiger partial charge in [-0.2, -0.15) is 0 Å². The lowest BCUT2D eigenvalue weighted by molar-refractivity contribution is -0.130. The maximum absolute atomic E-state index is 11.9. The SMILES string of the molecule is CC(C)(C)OC(=O)Nc1nc(C(=NOCC(=O)NCCNC(=O)OCc2ccccc2)C(=O)O)cs1. The first-order valence-corrected chi connectivity index (χ1v) is 11.5. The molecule has 0 aliphatic heterocycles. The Morgan fingerprint density at radius 2 is 1.75 bits per heavy atom. The standard InChI is InChI=1S/C22H27N5O8S/c1-22(2,3)35-21(32)26-19-25-15(13-36-19)17(18(29)30)27-34-12-16(28)23-9-10-24-20(31)33-11-14-7-5-4-6-8-14/h4-8,13H,9-12H2,1-3H3,(H,23,28)(H,24,31)(H,29,30)(H,25,26,32). The van der Waals surface area contributed by atoms with Crippen molar-refractivity contribution in [3.05, 3.63) is 47.0 Å². The molecule has 0 fully saturated rings. The van der Waals surface area contributed by atoms with Gasteiger partial charge in [0.15, 0.2) is 11.7 Å². The van der Waals surface area contributed by atoms with Crippen molar-refractivity contribution >= 4 is 46.2 Å². The van der Waals surface area contributed by atoms with Crippen molar-refractivity contribution in [2.24, 2.45) is 5.16 Å². The second-order valence-corrected chi connectivity index (χ2v) is 8.88. The van der Waals surface area contributed by atoms with Crippen LogP contribution in [0.1, 0.15) is 32.0 Å². The molecule has 13 nitrogen and oxygen atoms in total. The van der Waals surface area contributed by atoms with E-state index in [0.717, 1.165) is 16.9 Å². The first-order chi connectivity index (χ1) is 17.0. The van der Waals surface area contributed by atoms with Crippen molar-refractivity contribution < 1.29 is 38.6 Å². The number of thiazole rings is 1. The molecule has 0 saturated carbocycles. The van der Waals surface area contributed by atoms with Crippen LogP contribution in [-0.4, -0.2) is 65.2 Å². The van der Waals surface area contributed by atoms with E-state index < -0.39 is 42.0 Å². The molecule has 0 saturated heterocycles. The zero-order valence-electron chi connectivity index (χ0n) is 19.9. The fourth-order valence-electron chi connectivity index (χ4n) is 2.37. The lowest BCUT2D eigenvalue weighted by Gasteiger charge is -2.18. The average molecular weight is 522 g/mol. The third-order valence-corrected chi connectivity index (χ3v) is 4.60. The highest BCUT2D eigenvalue weighted by Crippen LogP contribution is 2.18. The highest BCUT2D eigenvalue weighted by atomic mass is 32.1. The summed E-state index contributed by atoms with van der Waals surface area (Å²) in [5.74, 6) is -2.03. The van der Waals surface area contributed by atoms with Gasteiger partial charge >= 0.3 is 18.2 Å². The second-order valence-electron chi connectivity index (χ2n) is 8.02. The Bertz CT molecular complexity index is 1080. The van der Waals surface area contributed by atoms with Crippen molar-refractivity contribution in [2.45, 2.75) is 33.0 Å². The van der Waals surface area contributed by atoms with Crippen LogP contribution >= 0.6 is 11.3 Å². The Kier molecular flexibility index (Phi) is 10.6. The number of anilines is 1. The van der Waals surface area contributed by atoms with Crippen molar-refractivity contribution in [1.29, 1.82) is 0 Å². The number of amides is 3. The number of carboxylic acid groups (broad SMARTS) is 1. The number of carboxylic acids is 1. The number of nitrogens with zero attached hydrogens (tertiary/aromatic N) is 2. The lowest BCUT2D eigenvalue weighted by atomic mass is 10.2. The molecule has 0 aliphatic rings. The number of alkyl carbamates (subject to hydrolysis) is 1. The molecule has 1 aromatic heterocycles. The second kappa shape index (κ2) is 13.6. The summed E-state index contributed by atoms with van der Waals surface area (Å²) < 4.78 is 10.1. The molecule has 14 heteroatoms. The maximum atomic E-state index is 11.9. The van der Waals surface area contributed by atoms with Gasteiger partial charge in [-0.05, 0) is 26.3 Å². The van der Waals surface area contributed by atoms with Gasteiger partial charge in [0.05, 0.1) is 0 Å². The van der Waals surface area contributed by atoms with Crippen LogP contribution in [0.4, 0.5) is 14.7 Å². The van der Waals surface area contributed by atoms with Crippen LogP contribution in [0.5, 0.6) is 0 Å². The van der Waals surface area contributed by atoms with Crippen LogP contribution in [-0.2, 0) is 30.5 Å². The summed E-state index contributed by atoms with van der Waals surface area (Å²) in [6.45, 7) is 4.83. The summed E-state index contributed by atoms with van der Waals surface area (Å²) in [5, 5.41) is 21.6. The van der Waals surface area contributed by atoms with E-state index in [2.05, 4.69) is 26.1 Å². The van der Waals surface area contributed by atoms with Crippen LogP contribution in [0, 0.1) is 0 Å². The van der Waals surface area contributed by atoms with E-state index in [0.29, 0.717) is 0 Å². The molecule has 0 radical (unpaired) electrons. The number of nitrogens with one attached hydrogen (secondary N) is 3. The number of oxime groups is 1. The first kappa shape index (κ1) is 28.0. The molecular weight excluding hydrogens is 494 g/mol. The molecule has 0 unspecified atom stereocenters. The fourth-order valence-corrected chi connectivity index (χ4v) is 3.05. The Labute approximate surface area is 210 Å². The number of rotatable bonds is 11. The number of carbonyl (C=O) groups is 4. The molecule has 2 aromatic rings. The van der Waals surface area contributed by atoms with Crippen LogP contribution < -0.4 is 16.0 Å². The van der Waals surface area contributed by atoms with Gasteiger partial charge in [0.25, 0.3) is 5.91 Å². The van der Waals surface area contributed by atoms with Gasteiger partial charge in [0.2, 0.25) is 5.71 Å². The third-order valence-electron chi connectivity index (χ3n) is 3.84. The third kappa shape index (κ3) is 10.8. The highest BCUT2D eigenvalue weighted by molar-refractivity contribution is 7.14. The first-order valence-electron chi connectivity index (χ1n) is 10.6. The molecule has 1 heterocycles. The molecule has 36 heavy (non-hydrogen) atoms. The van der Waals surface area contributed by atoms with Gasteiger partial charge in [-0.15, -0.1) is 11.3 Å².